The molecule has 0 radical (unpaired) electrons. The van der Waals surface area contributed by atoms with Crippen molar-refractivity contribution in [3.8, 4) is 0 Å². The minimum atomic E-state index is -0.0871. The monoisotopic (exact) mass is 254 g/mol. The van der Waals surface area contributed by atoms with E-state index in [1.54, 1.807) is 0 Å². The summed E-state index contributed by atoms with van der Waals surface area (Å²) in [6, 6.07) is 0.788. The standard InChI is InChI=1S/C14H26N2O2/c1-3-4-13-9-12(7-8-18-13)15-10(2)14(17)16-11-5-6-11/h10-13,15H,3-9H2,1-2H3,(H,16,17). The van der Waals surface area contributed by atoms with E-state index in [1.165, 1.54) is 0 Å². The van der Waals surface area contributed by atoms with Gasteiger partial charge in [-0.3, -0.25) is 4.79 Å². The lowest BCUT2D eigenvalue weighted by atomic mass is 9.99. The van der Waals surface area contributed by atoms with Crippen molar-refractivity contribution < 1.29 is 9.53 Å². The third-order valence-corrected chi connectivity index (χ3v) is 3.78. The van der Waals surface area contributed by atoms with Gasteiger partial charge in [0.05, 0.1) is 12.1 Å². The van der Waals surface area contributed by atoms with Crippen LogP contribution in [0.25, 0.3) is 0 Å². The van der Waals surface area contributed by atoms with E-state index in [-0.39, 0.29) is 11.9 Å². The number of amides is 1. The van der Waals surface area contributed by atoms with Crippen LogP contribution in [0, 0.1) is 0 Å². The van der Waals surface area contributed by atoms with Crippen molar-refractivity contribution in [2.45, 2.75) is 76.6 Å². The van der Waals surface area contributed by atoms with Crippen LogP contribution in [0.1, 0.15) is 52.4 Å². The fraction of sp³-hybridized carbons (Fsp3) is 0.929. The molecule has 3 unspecified atom stereocenters. The minimum Gasteiger partial charge on any atom is -0.378 e. The van der Waals surface area contributed by atoms with Crippen LogP contribution < -0.4 is 10.6 Å². The van der Waals surface area contributed by atoms with E-state index in [1.807, 2.05) is 6.92 Å². The van der Waals surface area contributed by atoms with Crippen molar-refractivity contribution in [2.24, 2.45) is 0 Å². The van der Waals surface area contributed by atoms with E-state index in [4.69, 9.17) is 4.74 Å². The van der Waals surface area contributed by atoms with Gasteiger partial charge in [-0.25, -0.2) is 0 Å². The summed E-state index contributed by atoms with van der Waals surface area (Å²) in [5, 5.41) is 6.49. The Bertz CT molecular complexity index is 277. The Balaban J connectivity index is 1.71. The number of rotatable bonds is 6. The molecule has 1 amide bonds. The second-order valence-corrected chi connectivity index (χ2v) is 5.67. The van der Waals surface area contributed by atoms with E-state index in [0.29, 0.717) is 18.2 Å². The average molecular weight is 254 g/mol. The summed E-state index contributed by atoms with van der Waals surface area (Å²) >= 11 is 0. The molecule has 2 aliphatic rings. The number of carbonyl (C=O) groups is 1. The molecule has 0 aromatic carbocycles. The maximum Gasteiger partial charge on any atom is 0.237 e. The lowest BCUT2D eigenvalue weighted by Crippen LogP contribution is -2.49. The van der Waals surface area contributed by atoms with Gasteiger partial charge in [0.25, 0.3) is 0 Å². The summed E-state index contributed by atoms with van der Waals surface area (Å²) in [5.74, 6) is 0.149. The highest BCUT2D eigenvalue weighted by Gasteiger charge is 2.28. The molecule has 3 atom stereocenters. The third-order valence-electron chi connectivity index (χ3n) is 3.78. The van der Waals surface area contributed by atoms with Gasteiger partial charge in [0.2, 0.25) is 5.91 Å². The highest BCUT2D eigenvalue weighted by atomic mass is 16.5. The average Bonchev–Trinajstić information content (AvgIpc) is 3.14. The van der Waals surface area contributed by atoms with Crippen LogP contribution in [0.4, 0.5) is 0 Å². The van der Waals surface area contributed by atoms with E-state index in [9.17, 15) is 4.79 Å². The van der Waals surface area contributed by atoms with Gasteiger partial charge in [-0.05, 0) is 39.0 Å². The maximum atomic E-state index is 11.9. The molecule has 104 valence electrons. The summed E-state index contributed by atoms with van der Waals surface area (Å²) in [6.45, 7) is 4.97. The highest BCUT2D eigenvalue weighted by molar-refractivity contribution is 5.81. The molecule has 0 aromatic heterocycles. The van der Waals surface area contributed by atoms with E-state index in [0.717, 1.165) is 45.1 Å². The van der Waals surface area contributed by atoms with Crippen molar-refractivity contribution >= 4 is 5.91 Å². The number of hydrogen-bond donors (Lipinski definition) is 2. The lowest BCUT2D eigenvalue weighted by Gasteiger charge is -2.31. The van der Waals surface area contributed by atoms with Gasteiger partial charge in [-0.15, -0.1) is 0 Å². The summed E-state index contributed by atoms with van der Waals surface area (Å²) < 4.78 is 5.72. The lowest BCUT2D eigenvalue weighted by molar-refractivity contribution is -0.123. The summed E-state index contributed by atoms with van der Waals surface area (Å²) in [4.78, 5) is 11.9. The van der Waals surface area contributed by atoms with Gasteiger partial charge in [-0.1, -0.05) is 13.3 Å². The molecular formula is C14H26N2O2. The van der Waals surface area contributed by atoms with Crippen LogP contribution in [-0.4, -0.2) is 36.7 Å². The molecule has 0 bridgehead atoms. The number of ether oxygens (including phenoxy) is 1. The largest absolute Gasteiger partial charge is 0.378 e. The van der Waals surface area contributed by atoms with Crippen molar-refractivity contribution in [2.75, 3.05) is 6.61 Å². The first-order valence-corrected chi connectivity index (χ1v) is 7.37. The molecule has 1 saturated carbocycles. The van der Waals surface area contributed by atoms with Crippen LogP contribution in [-0.2, 0) is 9.53 Å². The van der Waals surface area contributed by atoms with Gasteiger partial charge in [-0.2, -0.15) is 0 Å². The molecule has 1 aliphatic heterocycles. The first kappa shape index (κ1) is 13.8. The summed E-state index contributed by atoms with van der Waals surface area (Å²) in [5.41, 5.74) is 0. The number of nitrogens with one attached hydrogen (secondary N) is 2. The zero-order chi connectivity index (χ0) is 13.0. The molecule has 1 saturated heterocycles. The van der Waals surface area contributed by atoms with Crippen LogP contribution in [0.3, 0.4) is 0 Å². The Labute approximate surface area is 110 Å². The Morgan fingerprint density at radius 3 is 2.78 bits per heavy atom. The fourth-order valence-corrected chi connectivity index (χ4v) is 2.54. The van der Waals surface area contributed by atoms with Gasteiger partial charge < -0.3 is 15.4 Å². The van der Waals surface area contributed by atoms with Crippen molar-refractivity contribution in [1.82, 2.24) is 10.6 Å². The smallest absolute Gasteiger partial charge is 0.237 e. The molecule has 4 nitrogen and oxygen atoms in total. The highest BCUT2D eigenvalue weighted by Crippen LogP contribution is 2.20. The minimum absolute atomic E-state index is 0.0871. The molecule has 1 aliphatic carbocycles. The van der Waals surface area contributed by atoms with Crippen LogP contribution >= 0.6 is 0 Å². The Morgan fingerprint density at radius 1 is 1.33 bits per heavy atom. The Morgan fingerprint density at radius 2 is 2.11 bits per heavy atom. The molecule has 2 rings (SSSR count). The Hall–Kier alpha value is -0.610. The van der Waals surface area contributed by atoms with Gasteiger partial charge >= 0.3 is 0 Å². The topological polar surface area (TPSA) is 50.4 Å². The van der Waals surface area contributed by atoms with E-state index < -0.39 is 0 Å². The van der Waals surface area contributed by atoms with Crippen LogP contribution in [0.2, 0.25) is 0 Å². The van der Waals surface area contributed by atoms with Gasteiger partial charge in [0.1, 0.15) is 0 Å². The Kier molecular flexibility index (Phi) is 5.01. The second kappa shape index (κ2) is 6.53. The summed E-state index contributed by atoms with van der Waals surface area (Å²) in [7, 11) is 0. The molecule has 2 N–H and O–H groups in total. The molecule has 18 heavy (non-hydrogen) atoms. The maximum absolute atomic E-state index is 11.9. The van der Waals surface area contributed by atoms with E-state index >= 15 is 0 Å². The predicted octanol–water partition coefficient (Wildman–Crippen LogP) is 1.59. The molecule has 0 spiro atoms. The fourth-order valence-electron chi connectivity index (χ4n) is 2.54. The molecule has 2 fully saturated rings. The van der Waals surface area contributed by atoms with Crippen LogP contribution in [0.5, 0.6) is 0 Å². The molecule has 0 aromatic rings. The second-order valence-electron chi connectivity index (χ2n) is 5.67. The van der Waals surface area contributed by atoms with Crippen LogP contribution in [0.15, 0.2) is 0 Å². The quantitative estimate of drug-likeness (QED) is 0.757. The zero-order valence-electron chi connectivity index (χ0n) is 11.6. The number of hydrogen-bond acceptors (Lipinski definition) is 3. The van der Waals surface area contributed by atoms with Crippen molar-refractivity contribution in [3.05, 3.63) is 0 Å². The van der Waals surface area contributed by atoms with Gasteiger partial charge in [0.15, 0.2) is 0 Å². The number of carbonyl (C=O) groups excluding carboxylic acids is 1. The van der Waals surface area contributed by atoms with Crippen molar-refractivity contribution in [1.29, 1.82) is 0 Å². The SMILES string of the molecule is CCCC1CC(NC(C)C(=O)NC2CC2)CCO1. The van der Waals surface area contributed by atoms with Crippen molar-refractivity contribution in [3.63, 3.8) is 0 Å². The van der Waals surface area contributed by atoms with Gasteiger partial charge in [0, 0.05) is 18.7 Å². The van der Waals surface area contributed by atoms with E-state index in [2.05, 4.69) is 17.6 Å². The zero-order valence-corrected chi connectivity index (χ0v) is 11.6. The molecule has 1 heterocycles. The summed E-state index contributed by atoms with van der Waals surface area (Å²) in [6.07, 6.45) is 7.01. The predicted molar refractivity (Wildman–Crippen MR) is 71.4 cm³/mol. The molecular weight excluding hydrogens is 228 g/mol. The first-order chi connectivity index (χ1) is 8.69. The molecule has 4 heteroatoms. The first-order valence-electron chi connectivity index (χ1n) is 7.37. The normalized spacial score (nSPS) is 29.9. The third kappa shape index (κ3) is 4.25.